The molecule has 3 rings (SSSR count). The predicted octanol–water partition coefficient (Wildman–Crippen LogP) is 2.70. The lowest BCUT2D eigenvalue weighted by atomic mass is 9.98. The third-order valence-electron chi connectivity index (χ3n) is 3.15. The smallest absolute Gasteiger partial charge is 0.128 e. The number of benzene rings is 2. The summed E-state index contributed by atoms with van der Waals surface area (Å²) in [5.74, 6) is 0.865. The third-order valence-corrected chi connectivity index (χ3v) is 3.15. The summed E-state index contributed by atoms with van der Waals surface area (Å²) in [6.45, 7) is 0.716. The van der Waals surface area contributed by atoms with Crippen LogP contribution < -0.4 is 4.74 Å². The largest absolute Gasteiger partial charge is 0.493 e. The number of aliphatic hydroxyl groups is 1. The predicted molar refractivity (Wildman–Crippen MR) is 66.1 cm³/mol. The highest BCUT2D eigenvalue weighted by molar-refractivity contribution is 5.47. The first kappa shape index (κ1) is 10.4. The van der Waals surface area contributed by atoms with Gasteiger partial charge in [-0.3, -0.25) is 0 Å². The first-order chi connectivity index (χ1) is 8.36. The summed E-state index contributed by atoms with van der Waals surface area (Å²) in [5.41, 5.74) is 2.96. The van der Waals surface area contributed by atoms with Crippen LogP contribution in [0.5, 0.6) is 5.75 Å². The van der Waals surface area contributed by atoms with E-state index in [1.807, 2.05) is 42.5 Å². The Hall–Kier alpha value is -1.80. The molecule has 1 heterocycles. The maximum absolute atomic E-state index is 10.4. The highest BCUT2D eigenvalue weighted by Gasteiger charge is 2.21. The van der Waals surface area contributed by atoms with Crippen LogP contribution in [0.3, 0.4) is 0 Å². The van der Waals surface area contributed by atoms with E-state index in [2.05, 4.69) is 6.07 Å². The van der Waals surface area contributed by atoms with Crippen molar-refractivity contribution in [2.45, 2.75) is 12.5 Å². The van der Waals surface area contributed by atoms with Crippen LogP contribution in [0.1, 0.15) is 22.8 Å². The van der Waals surface area contributed by atoms with E-state index >= 15 is 0 Å². The van der Waals surface area contributed by atoms with Crippen molar-refractivity contribution in [2.24, 2.45) is 0 Å². The van der Waals surface area contributed by atoms with Gasteiger partial charge in [-0.1, -0.05) is 48.5 Å². The maximum atomic E-state index is 10.4. The number of hydrogen-bond acceptors (Lipinski definition) is 2. The van der Waals surface area contributed by atoms with Gasteiger partial charge in [0.25, 0.3) is 0 Å². The lowest BCUT2D eigenvalue weighted by Crippen LogP contribution is -2.01. The van der Waals surface area contributed by atoms with Crippen molar-refractivity contribution in [1.82, 2.24) is 0 Å². The van der Waals surface area contributed by atoms with E-state index in [0.717, 1.165) is 23.3 Å². The molecule has 0 bridgehead atoms. The maximum Gasteiger partial charge on any atom is 0.128 e. The zero-order valence-corrected chi connectivity index (χ0v) is 9.47. The van der Waals surface area contributed by atoms with Gasteiger partial charge >= 0.3 is 0 Å². The van der Waals surface area contributed by atoms with E-state index < -0.39 is 6.10 Å². The van der Waals surface area contributed by atoms with E-state index in [1.54, 1.807) is 0 Å². The summed E-state index contributed by atoms with van der Waals surface area (Å²) in [6, 6.07) is 15.6. The highest BCUT2D eigenvalue weighted by Crippen LogP contribution is 2.35. The summed E-state index contributed by atoms with van der Waals surface area (Å²) in [7, 11) is 0. The van der Waals surface area contributed by atoms with Gasteiger partial charge in [0, 0.05) is 12.0 Å². The molecular formula is C15H14O2. The van der Waals surface area contributed by atoms with Crippen LogP contribution in [0.2, 0.25) is 0 Å². The van der Waals surface area contributed by atoms with Gasteiger partial charge < -0.3 is 9.84 Å². The van der Waals surface area contributed by atoms with Gasteiger partial charge in [-0.15, -0.1) is 0 Å². The SMILES string of the molecule is OC(c1ccccc1)c1cccc2c1OCC2. The molecule has 2 nitrogen and oxygen atoms in total. The fraction of sp³-hybridized carbons (Fsp3) is 0.200. The zero-order valence-electron chi connectivity index (χ0n) is 9.47. The zero-order chi connectivity index (χ0) is 11.7. The minimum atomic E-state index is -0.607. The molecule has 1 N–H and O–H groups in total. The second kappa shape index (κ2) is 4.22. The van der Waals surface area contributed by atoms with Crippen LogP contribution in [0.4, 0.5) is 0 Å². The minimum absolute atomic E-state index is 0.607. The molecule has 0 radical (unpaired) electrons. The molecule has 0 fully saturated rings. The van der Waals surface area contributed by atoms with Crippen LogP contribution in [-0.2, 0) is 6.42 Å². The minimum Gasteiger partial charge on any atom is -0.493 e. The highest BCUT2D eigenvalue weighted by atomic mass is 16.5. The molecule has 2 heteroatoms. The van der Waals surface area contributed by atoms with E-state index in [9.17, 15) is 5.11 Å². The summed E-state index contributed by atoms with van der Waals surface area (Å²) < 4.78 is 5.61. The molecule has 0 saturated heterocycles. The van der Waals surface area contributed by atoms with Crippen LogP contribution >= 0.6 is 0 Å². The number of fused-ring (bicyclic) bond motifs is 1. The standard InChI is InChI=1S/C15H14O2/c16-14(11-5-2-1-3-6-11)13-8-4-7-12-9-10-17-15(12)13/h1-8,14,16H,9-10H2. The van der Waals surface area contributed by atoms with Gasteiger partial charge in [-0.2, -0.15) is 0 Å². The molecule has 86 valence electrons. The average Bonchev–Trinajstić information content (AvgIpc) is 2.87. The van der Waals surface area contributed by atoms with Crippen molar-refractivity contribution >= 4 is 0 Å². The van der Waals surface area contributed by atoms with Gasteiger partial charge in [-0.05, 0) is 11.1 Å². The van der Waals surface area contributed by atoms with Crippen LogP contribution in [-0.4, -0.2) is 11.7 Å². The number of aliphatic hydroxyl groups excluding tert-OH is 1. The van der Waals surface area contributed by atoms with Gasteiger partial charge in [0.2, 0.25) is 0 Å². The molecule has 0 spiro atoms. The molecule has 1 atom stereocenters. The topological polar surface area (TPSA) is 29.5 Å². The first-order valence-electron chi connectivity index (χ1n) is 5.84. The quantitative estimate of drug-likeness (QED) is 0.853. The summed E-state index contributed by atoms with van der Waals surface area (Å²) in [5, 5.41) is 10.4. The Labute approximate surface area is 100 Å². The Bertz CT molecular complexity index is 520. The monoisotopic (exact) mass is 226 g/mol. The molecule has 2 aromatic carbocycles. The Kier molecular flexibility index (Phi) is 2.57. The van der Waals surface area contributed by atoms with E-state index in [1.165, 1.54) is 5.56 Å². The Morgan fingerprint density at radius 2 is 1.82 bits per heavy atom. The molecule has 0 saturated carbocycles. The van der Waals surface area contributed by atoms with E-state index in [0.29, 0.717) is 6.61 Å². The molecule has 1 unspecified atom stereocenters. The summed E-state index contributed by atoms with van der Waals surface area (Å²) in [6.07, 6.45) is 0.328. The molecule has 0 aromatic heterocycles. The fourth-order valence-corrected chi connectivity index (χ4v) is 2.27. The summed E-state index contributed by atoms with van der Waals surface area (Å²) >= 11 is 0. The molecule has 0 amide bonds. The normalized spacial score (nSPS) is 15.1. The van der Waals surface area contributed by atoms with Crippen molar-refractivity contribution in [3.8, 4) is 5.75 Å². The Balaban J connectivity index is 2.03. The summed E-state index contributed by atoms with van der Waals surface area (Å²) in [4.78, 5) is 0. The fourth-order valence-electron chi connectivity index (χ4n) is 2.27. The van der Waals surface area contributed by atoms with Crippen molar-refractivity contribution < 1.29 is 9.84 Å². The van der Waals surface area contributed by atoms with Gasteiger partial charge in [0.05, 0.1) is 6.61 Å². The van der Waals surface area contributed by atoms with Gasteiger partial charge in [-0.25, -0.2) is 0 Å². The van der Waals surface area contributed by atoms with Crippen molar-refractivity contribution in [1.29, 1.82) is 0 Å². The van der Waals surface area contributed by atoms with Gasteiger partial charge in [0.1, 0.15) is 11.9 Å². The van der Waals surface area contributed by atoms with Crippen molar-refractivity contribution in [3.05, 3.63) is 65.2 Å². The van der Waals surface area contributed by atoms with E-state index in [4.69, 9.17) is 4.74 Å². The van der Waals surface area contributed by atoms with Crippen LogP contribution in [0.25, 0.3) is 0 Å². The second-order valence-corrected chi connectivity index (χ2v) is 4.25. The molecular weight excluding hydrogens is 212 g/mol. The number of rotatable bonds is 2. The molecule has 2 aromatic rings. The number of hydrogen-bond donors (Lipinski definition) is 1. The Morgan fingerprint density at radius 1 is 1.00 bits per heavy atom. The lowest BCUT2D eigenvalue weighted by molar-refractivity contribution is 0.213. The van der Waals surface area contributed by atoms with Gasteiger partial charge in [0.15, 0.2) is 0 Å². The molecule has 0 aliphatic carbocycles. The molecule has 17 heavy (non-hydrogen) atoms. The van der Waals surface area contributed by atoms with Crippen molar-refractivity contribution in [3.63, 3.8) is 0 Å². The van der Waals surface area contributed by atoms with Crippen LogP contribution in [0, 0.1) is 0 Å². The number of ether oxygens (including phenoxy) is 1. The van der Waals surface area contributed by atoms with E-state index in [-0.39, 0.29) is 0 Å². The van der Waals surface area contributed by atoms with Crippen molar-refractivity contribution in [2.75, 3.05) is 6.61 Å². The number of para-hydroxylation sites is 1. The van der Waals surface area contributed by atoms with Crippen LogP contribution in [0.15, 0.2) is 48.5 Å². The average molecular weight is 226 g/mol. The third kappa shape index (κ3) is 1.81. The molecule has 1 aliphatic heterocycles. The molecule has 1 aliphatic rings. The first-order valence-corrected chi connectivity index (χ1v) is 5.84. The lowest BCUT2D eigenvalue weighted by Gasteiger charge is -2.14. The Morgan fingerprint density at radius 3 is 2.65 bits per heavy atom. The second-order valence-electron chi connectivity index (χ2n) is 4.25.